The molecule has 1 aliphatic rings. The van der Waals surface area contributed by atoms with Crippen molar-refractivity contribution >= 4 is 17.7 Å². The summed E-state index contributed by atoms with van der Waals surface area (Å²) in [7, 11) is 0. The fraction of sp³-hybridized carbons (Fsp3) is 0.769. The van der Waals surface area contributed by atoms with Crippen molar-refractivity contribution in [3.8, 4) is 0 Å². The van der Waals surface area contributed by atoms with Gasteiger partial charge in [-0.15, -0.1) is 5.10 Å². The molecule has 106 valence electrons. The predicted octanol–water partition coefficient (Wildman–Crippen LogP) is 2.07. The number of aromatic nitrogens is 3. The van der Waals surface area contributed by atoms with Crippen molar-refractivity contribution in [1.29, 1.82) is 0 Å². The van der Waals surface area contributed by atoms with E-state index in [1.165, 1.54) is 0 Å². The van der Waals surface area contributed by atoms with E-state index in [9.17, 15) is 4.79 Å². The number of rotatable bonds is 1. The van der Waals surface area contributed by atoms with E-state index < -0.39 is 0 Å². The lowest BCUT2D eigenvalue weighted by Crippen LogP contribution is -2.48. The standard InChI is InChI=1S/C13H22N4OS/c1-8-9(2)19-7-6-17(8)11(18)10-14-12(16-15-10)13(3,4)5/h8-9H,6-7H2,1-5H3,(H,14,15,16). The number of hydrogen-bond donors (Lipinski definition) is 1. The summed E-state index contributed by atoms with van der Waals surface area (Å²) in [5.41, 5.74) is -0.123. The molecule has 0 aliphatic carbocycles. The maximum absolute atomic E-state index is 12.5. The van der Waals surface area contributed by atoms with Crippen LogP contribution in [0.2, 0.25) is 0 Å². The molecule has 6 heteroatoms. The van der Waals surface area contributed by atoms with E-state index in [-0.39, 0.29) is 23.2 Å². The summed E-state index contributed by atoms with van der Waals surface area (Å²) in [6.45, 7) is 11.2. The highest BCUT2D eigenvalue weighted by Gasteiger charge is 2.32. The van der Waals surface area contributed by atoms with Crippen LogP contribution < -0.4 is 0 Å². The highest BCUT2D eigenvalue weighted by Crippen LogP contribution is 2.25. The molecule has 1 aliphatic heterocycles. The molecule has 1 fully saturated rings. The molecular formula is C13H22N4OS. The molecule has 2 heterocycles. The molecule has 2 atom stereocenters. The lowest BCUT2D eigenvalue weighted by atomic mass is 9.96. The molecule has 0 radical (unpaired) electrons. The molecule has 0 aromatic carbocycles. The fourth-order valence-corrected chi connectivity index (χ4v) is 3.14. The van der Waals surface area contributed by atoms with Gasteiger partial charge in [0.25, 0.3) is 5.91 Å². The van der Waals surface area contributed by atoms with Crippen LogP contribution in [-0.2, 0) is 5.41 Å². The van der Waals surface area contributed by atoms with Crippen molar-refractivity contribution in [3.63, 3.8) is 0 Å². The highest BCUT2D eigenvalue weighted by molar-refractivity contribution is 8.00. The maximum atomic E-state index is 12.5. The molecule has 1 N–H and O–H groups in total. The number of thioether (sulfide) groups is 1. The number of hydrogen-bond acceptors (Lipinski definition) is 4. The van der Waals surface area contributed by atoms with Gasteiger partial charge in [-0.3, -0.25) is 9.89 Å². The van der Waals surface area contributed by atoms with Crippen molar-refractivity contribution in [2.45, 2.75) is 51.3 Å². The first kappa shape index (κ1) is 14.4. The topological polar surface area (TPSA) is 61.9 Å². The average Bonchev–Trinajstić information content (AvgIpc) is 2.81. The third kappa shape index (κ3) is 2.94. The van der Waals surface area contributed by atoms with Gasteiger partial charge in [0.1, 0.15) is 5.82 Å². The van der Waals surface area contributed by atoms with Gasteiger partial charge in [0, 0.05) is 29.0 Å². The Hall–Kier alpha value is -1.04. The zero-order valence-electron chi connectivity index (χ0n) is 12.2. The van der Waals surface area contributed by atoms with Gasteiger partial charge < -0.3 is 4.90 Å². The summed E-state index contributed by atoms with van der Waals surface area (Å²) in [4.78, 5) is 18.7. The van der Waals surface area contributed by atoms with Crippen LogP contribution >= 0.6 is 11.8 Å². The van der Waals surface area contributed by atoms with Gasteiger partial charge in [-0.05, 0) is 6.92 Å². The second kappa shape index (κ2) is 5.15. The molecular weight excluding hydrogens is 260 g/mol. The summed E-state index contributed by atoms with van der Waals surface area (Å²) < 4.78 is 0. The lowest BCUT2D eigenvalue weighted by molar-refractivity contribution is 0.0686. The highest BCUT2D eigenvalue weighted by atomic mass is 32.2. The van der Waals surface area contributed by atoms with Crippen molar-refractivity contribution in [2.75, 3.05) is 12.3 Å². The van der Waals surface area contributed by atoms with Crippen LogP contribution in [0.1, 0.15) is 51.1 Å². The van der Waals surface area contributed by atoms with E-state index in [1.54, 1.807) is 0 Å². The number of nitrogens with zero attached hydrogens (tertiary/aromatic N) is 3. The van der Waals surface area contributed by atoms with E-state index in [1.807, 2.05) is 37.4 Å². The Labute approximate surface area is 118 Å². The number of amides is 1. The van der Waals surface area contributed by atoms with Gasteiger partial charge in [0.2, 0.25) is 5.82 Å². The van der Waals surface area contributed by atoms with Crippen molar-refractivity contribution < 1.29 is 4.79 Å². The summed E-state index contributed by atoms with van der Waals surface area (Å²) in [5.74, 6) is 1.96. The van der Waals surface area contributed by atoms with Crippen LogP contribution in [0, 0.1) is 0 Å². The van der Waals surface area contributed by atoms with Gasteiger partial charge in [-0.2, -0.15) is 11.8 Å². The minimum atomic E-state index is -0.123. The molecule has 0 spiro atoms. The number of H-pyrrole nitrogens is 1. The van der Waals surface area contributed by atoms with Gasteiger partial charge in [0.05, 0.1) is 0 Å². The minimum absolute atomic E-state index is 0.0635. The quantitative estimate of drug-likeness (QED) is 0.856. The Kier molecular flexibility index (Phi) is 3.90. The molecule has 0 bridgehead atoms. The van der Waals surface area contributed by atoms with Crippen molar-refractivity contribution in [1.82, 2.24) is 20.1 Å². The Morgan fingerprint density at radius 2 is 2.11 bits per heavy atom. The zero-order valence-corrected chi connectivity index (χ0v) is 13.0. The van der Waals surface area contributed by atoms with Crippen LogP contribution in [-0.4, -0.2) is 49.6 Å². The number of carbonyl (C=O) groups is 1. The van der Waals surface area contributed by atoms with E-state index in [0.717, 1.165) is 18.1 Å². The summed E-state index contributed by atoms with van der Waals surface area (Å²) in [6.07, 6.45) is 0. The van der Waals surface area contributed by atoms with Gasteiger partial charge in [0.15, 0.2) is 0 Å². The van der Waals surface area contributed by atoms with E-state index in [4.69, 9.17) is 0 Å². The van der Waals surface area contributed by atoms with Crippen LogP contribution in [0.15, 0.2) is 0 Å². The minimum Gasteiger partial charge on any atom is -0.331 e. The van der Waals surface area contributed by atoms with Crippen LogP contribution in [0.3, 0.4) is 0 Å². The van der Waals surface area contributed by atoms with E-state index >= 15 is 0 Å². The molecule has 5 nitrogen and oxygen atoms in total. The summed E-state index contributed by atoms with van der Waals surface area (Å²) >= 11 is 1.91. The van der Waals surface area contributed by atoms with Crippen molar-refractivity contribution in [3.05, 3.63) is 11.6 Å². The normalized spacial score (nSPS) is 24.6. The fourth-order valence-electron chi connectivity index (χ4n) is 2.04. The molecule has 19 heavy (non-hydrogen) atoms. The molecule has 2 unspecified atom stereocenters. The van der Waals surface area contributed by atoms with Crippen LogP contribution in [0.25, 0.3) is 0 Å². The van der Waals surface area contributed by atoms with E-state index in [0.29, 0.717) is 5.25 Å². The molecule has 2 rings (SSSR count). The number of aromatic amines is 1. The van der Waals surface area contributed by atoms with E-state index in [2.05, 4.69) is 29.0 Å². The van der Waals surface area contributed by atoms with Gasteiger partial charge in [-0.1, -0.05) is 27.7 Å². The Morgan fingerprint density at radius 1 is 1.42 bits per heavy atom. The Morgan fingerprint density at radius 3 is 2.68 bits per heavy atom. The smallest absolute Gasteiger partial charge is 0.293 e. The summed E-state index contributed by atoms with van der Waals surface area (Å²) in [5, 5.41) is 7.42. The van der Waals surface area contributed by atoms with Crippen LogP contribution in [0.5, 0.6) is 0 Å². The zero-order chi connectivity index (χ0) is 14.2. The van der Waals surface area contributed by atoms with Gasteiger partial charge in [-0.25, -0.2) is 4.98 Å². The average molecular weight is 282 g/mol. The van der Waals surface area contributed by atoms with Crippen LogP contribution in [0.4, 0.5) is 0 Å². The number of carbonyl (C=O) groups excluding carboxylic acids is 1. The second-order valence-electron chi connectivity index (χ2n) is 6.07. The third-order valence-corrected chi connectivity index (χ3v) is 4.87. The molecule has 0 saturated carbocycles. The lowest BCUT2D eigenvalue weighted by Gasteiger charge is -2.36. The molecule has 1 amide bonds. The largest absolute Gasteiger partial charge is 0.331 e. The molecule has 1 saturated heterocycles. The first-order chi connectivity index (χ1) is 8.80. The van der Waals surface area contributed by atoms with Crippen molar-refractivity contribution in [2.24, 2.45) is 0 Å². The van der Waals surface area contributed by atoms with Gasteiger partial charge >= 0.3 is 0 Å². The second-order valence-corrected chi connectivity index (χ2v) is 7.56. The monoisotopic (exact) mass is 282 g/mol. The molecule has 1 aromatic rings. The predicted molar refractivity (Wildman–Crippen MR) is 77.5 cm³/mol. The first-order valence-electron chi connectivity index (χ1n) is 6.66. The third-order valence-electron chi connectivity index (χ3n) is 3.53. The first-order valence-corrected chi connectivity index (χ1v) is 7.71. The SMILES string of the molecule is CC1SCCN(C(=O)c2n[nH]c(C(C)(C)C)n2)C1C. The maximum Gasteiger partial charge on any atom is 0.293 e. The molecule has 1 aromatic heterocycles. The Balaban J connectivity index is 2.17. The Bertz CT molecular complexity index is 465. The number of nitrogens with one attached hydrogen (secondary N) is 1. The summed E-state index contributed by atoms with van der Waals surface area (Å²) in [6, 6.07) is 0.225.